The highest BCUT2D eigenvalue weighted by molar-refractivity contribution is 5.72. The van der Waals surface area contributed by atoms with Gasteiger partial charge in [-0.3, -0.25) is 4.79 Å². The Balaban J connectivity index is 2.25. The number of benzene rings is 1. The summed E-state index contributed by atoms with van der Waals surface area (Å²) in [6.45, 7) is 5.10. The molecule has 1 aromatic rings. The second-order valence-corrected chi connectivity index (χ2v) is 3.57. The summed E-state index contributed by atoms with van der Waals surface area (Å²) < 4.78 is 0. The molecule has 3 heteroatoms. The van der Waals surface area contributed by atoms with E-state index >= 15 is 0 Å². The monoisotopic (exact) mass is 206 g/mol. The van der Waals surface area contributed by atoms with Crippen LogP contribution in [-0.2, 0) is 4.79 Å². The van der Waals surface area contributed by atoms with Crippen LogP contribution in [0.2, 0.25) is 0 Å². The number of nitrogens with one attached hydrogen (secondary N) is 2. The minimum atomic E-state index is 0.0177. The van der Waals surface area contributed by atoms with E-state index in [1.54, 1.807) is 0 Å². The summed E-state index contributed by atoms with van der Waals surface area (Å²) in [6, 6.07) is 10.6. The van der Waals surface area contributed by atoms with E-state index < -0.39 is 0 Å². The van der Waals surface area contributed by atoms with Gasteiger partial charge in [0.1, 0.15) is 0 Å². The Kier molecular flexibility index (Phi) is 4.84. The first-order chi connectivity index (χ1) is 7.20. The molecule has 0 unspecified atom stereocenters. The normalized spacial score (nSPS) is 12.1. The number of amides is 1. The van der Waals surface area contributed by atoms with Gasteiger partial charge in [-0.05, 0) is 12.5 Å². The fourth-order valence-corrected chi connectivity index (χ4v) is 1.39. The van der Waals surface area contributed by atoms with Crippen LogP contribution < -0.4 is 10.6 Å². The largest absolute Gasteiger partial charge is 0.355 e. The van der Waals surface area contributed by atoms with Crippen molar-refractivity contribution in [3.8, 4) is 0 Å². The SMILES string of the molecule is CC(=O)NCCN[C@@H](C)c1ccccc1. The summed E-state index contributed by atoms with van der Waals surface area (Å²) >= 11 is 0. The Morgan fingerprint density at radius 3 is 2.53 bits per heavy atom. The smallest absolute Gasteiger partial charge is 0.216 e. The van der Waals surface area contributed by atoms with Gasteiger partial charge >= 0.3 is 0 Å². The number of hydrogen-bond donors (Lipinski definition) is 2. The van der Waals surface area contributed by atoms with E-state index in [4.69, 9.17) is 0 Å². The maximum atomic E-state index is 10.6. The third kappa shape index (κ3) is 4.61. The lowest BCUT2D eigenvalue weighted by molar-refractivity contribution is -0.118. The van der Waals surface area contributed by atoms with Gasteiger partial charge in [0, 0.05) is 26.1 Å². The molecular formula is C12H18N2O. The van der Waals surface area contributed by atoms with Crippen molar-refractivity contribution in [1.29, 1.82) is 0 Å². The molecule has 15 heavy (non-hydrogen) atoms. The number of rotatable bonds is 5. The highest BCUT2D eigenvalue weighted by atomic mass is 16.1. The molecule has 3 nitrogen and oxygen atoms in total. The van der Waals surface area contributed by atoms with Crippen LogP contribution in [0.4, 0.5) is 0 Å². The average Bonchev–Trinajstić information content (AvgIpc) is 2.25. The van der Waals surface area contributed by atoms with Crippen molar-refractivity contribution in [2.24, 2.45) is 0 Å². The second kappa shape index (κ2) is 6.19. The molecule has 0 aliphatic carbocycles. The molecule has 0 heterocycles. The van der Waals surface area contributed by atoms with Crippen molar-refractivity contribution >= 4 is 5.91 Å². The van der Waals surface area contributed by atoms with Crippen LogP contribution in [0, 0.1) is 0 Å². The molecular weight excluding hydrogens is 188 g/mol. The maximum Gasteiger partial charge on any atom is 0.216 e. The fourth-order valence-electron chi connectivity index (χ4n) is 1.39. The summed E-state index contributed by atoms with van der Waals surface area (Å²) in [5.41, 5.74) is 1.26. The summed E-state index contributed by atoms with van der Waals surface area (Å²) in [5, 5.41) is 6.09. The van der Waals surface area contributed by atoms with Crippen LogP contribution in [0.5, 0.6) is 0 Å². The van der Waals surface area contributed by atoms with E-state index in [9.17, 15) is 4.79 Å². The van der Waals surface area contributed by atoms with E-state index in [-0.39, 0.29) is 5.91 Å². The second-order valence-electron chi connectivity index (χ2n) is 3.57. The summed E-state index contributed by atoms with van der Waals surface area (Å²) in [5.74, 6) is 0.0177. The van der Waals surface area contributed by atoms with Gasteiger partial charge in [0.15, 0.2) is 0 Å². The van der Waals surface area contributed by atoms with Gasteiger partial charge in [-0.15, -0.1) is 0 Å². The van der Waals surface area contributed by atoms with E-state index in [0.29, 0.717) is 12.6 Å². The standard InChI is InChI=1S/C12H18N2O/c1-10(12-6-4-3-5-7-12)13-8-9-14-11(2)15/h3-7,10,13H,8-9H2,1-2H3,(H,14,15)/t10-/m0/s1. The van der Waals surface area contributed by atoms with Crippen molar-refractivity contribution in [2.75, 3.05) is 13.1 Å². The van der Waals surface area contributed by atoms with Gasteiger partial charge in [0.25, 0.3) is 0 Å². The summed E-state index contributed by atoms with van der Waals surface area (Å²) in [7, 11) is 0. The van der Waals surface area contributed by atoms with Gasteiger partial charge in [-0.25, -0.2) is 0 Å². The Morgan fingerprint density at radius 2 is 1.93 bits per heavy atom. The Bertz CT molecular complexity index is 298. The van der Waals surface area contributed by atoms with Gasteiger partial charge in [0.05, 0.1) is 0 Å². The molecule has 0 fully saturated rings. The maximum absolute atomic E-state index is 10.6. The lowest BCUT2D eigenvalue weighted by Gasteiger charge is -2.14. The van der Waals surface area contributed by atoms with Gasteiger partial charge in [-0.2, -0.15) is 0 Å². The lowest BCUT2D eigenvalue weighted by Crippen LogP contribution is -2.31. The van der Waals surface area contributed by atoms with Gasteiger partial charge in [-0.1, -0.05) is 30.3 Å². The third-order valence-corrected chi connectivity index (χ3v) is 2.25. The van der Waals surface area contributed by atoms with Gasteiger partial charge < -0.3 is 10.6 Å². The minimum absolute atomic E-state index is 0.0177. The third-order valence-electron chi connectivity index (χ3n) is 2.25. The van der Waals surface area contributed by atoms with E-state index in [0.717, 1.165) is 6.54 Å². The van der Waals surface area contributed by atoms with E-state index in [2.05, 4.69) is 29.7 Å². The molecule has 2 N–H and O–H groups in total. The molecule has 0 spiro atoms. The van der Waals surface area contributed by atoms with Gasteiger partial charge in [0.2, 0.25) is 5.91 Å². The summed E-state index contributed by atoms with van der Waals surface area (Å²) in [4.78, 5) is 10.6. The molecule has 0 aliphatic heterocycles. The highest BCUT2D eigenvalue weighted by Gasteiger charge is 2.02. The zero-order chi connectivity index (χ0) is 11.1. The quantitative estimate of drug-likeness (QED) is 0.716. The molecule has 0 aromatic heterocycles. The Morgan fingerprint density at radius 1 is 1.27 bits per heavy atom. The number of carbonyl (C=O) groups excluding carboxylic acids is 1. The van der Waals surface area contributed by atoms with Crippen molar-refractivity contribution in [1.82, 2.24) is 10.6 Å². The van der Waals surface area contributed by atoms with E-state index in [1.807, 2.05) is 18.2 Å². The van der Waals surface area contributed by atoms with Crippen LogP contribution in [-0.4, -0.2) is 19.0 Å². The molecule has 82 valence electrons. The Labute approximate surface area is 90.9 Å². The molecule has 0 aliphatic rings. The molecule has 1 aromatic carbocycles. The first kappa shape index (κ1) is 11.7. The van der Waals surface area contributed by atoms with Crippen LogP contribution in [0.1, 0.15) is 25.5 Å². The molecule has 1 amide bonds. The van der Waals surface area contributed by atoms with Crippen molar-refractivity contribution in [2.45, 2.75) is 19.9 Å². The topological polar surface area (TPSA) is 41.1 Å². The predicted molar refractivity (Wildman–Crippen MR) is 61.5 cm³/mol. The Hall–Kier alpha value is -1.35. The number of carbonyl (C=O) groups is 1. The first-order valence-corrected chi connectivity index (χ1v) is 5.23. The minimum Gasteiger partial charge on any atom is -0.355 e. The molecule has 0 saturated carbocycles. The van der Waals surface area contributed by atoms with Crippen LogP contribution >= 0.6 is 0 Å². The predicted octanol–water partition coefficient (Wildman–Crippen LogP) is 1.47. The highest BCUT2D eigenvalue weighted by Crippen LogP contribution is 2.09. The molecule has 0 saturated heterocycles. The molecule has 0 bridgehead atoms. The zero-order valence-electron chi connectivity index (χ0n) is 9.29. The average molecular weight is 206 g/mol. The van der Waals surface area contributed by atoms with Crippen LogP contribution in [0.25, 0.3) is 0 Å². The molecule has 0 radical (unpaired) electrons. The van der Waals surface area contributed by atoms with Crippen molar-refractivity contribution in [3.63, 3.8) is 0 Å². The zero-order valence-corrected chi connectivity index (χ0v) is 9.29. The van der Waals surface area contributed by atoms with Crippen LogP contribution in [0.15, 0.2) is 30.3 Å². The molecule has 1 rings (SSSR count). The van der Waals surface area contributed by atoms with Crippen molar-refractivity contribution in [3.05, 3.63) is 35.9 Å². The number of hydrogen-bond acceptors (Lipinski definition) is 2. The summed E-state index contributed by atoms with van der Waals surface area (Å²) in [6.07, 6.45) is 0. The lowest BCUT2D eigenvalue weighted by atomic mass is 10.1. The molecule has 1 atom stereocenters. The fraction of sp³-hybridized carbons (Fsp3) is 0.417. The first-order valence-electron chi connectivity index (χ1n) is 5.23. The van der Waals surface area contributed by atoms with Crippen molar-refractivity contribution < 1.29 is 4.79 Å². The van der Waals surface area contributed by atoms with Crippen LogP contribution in [0.3, 0.4) is 0 Å². The van der Waals surface area contributed by atoms with E-state index in [1.165, 1.54) is 12.5 Å².